The van der Waals surface area contributed by atoms with Crippen LogP contribution in [0.3, 0.4) is 0 Å². The number of fused-ring (bicyclic) bond motifs is 1. The van der Waals surface area contributed by atoms with Crippen molar-refractivity contribution in [2.75, 3.05) is 19.6 Å². The second-order valence-electron chi connectivity index (χ2n) is 8.05. The summed E-state index contributed by atoms with van der Waals surface area (Å²) in [5.41, 5.74) is 2.73. The van der Waals surface area contributed by atoms with E-state index in [-0.39, 0.29) is 23.8 Å². The molecule has 2 aromatic carbocycles. The lowest BCUT2D eigenvalue weighted by Crippen LogP contribution is -2.26. The largest absolute Gasteiger partial charge is 0.417 e. The lowest BCUT2D eigenvalue weighted by Gasteiger charge is -2.22. The summed E-state index contributed by atoms with van der Waals surface area (Å²) in [4.78, 5) is 26.4. The molecule has 6 nitrogen and oxygen atoms in total. The molecule has 3 heterocycles. The summed E-state index contributed by atoms with van der Waals surface area (Å²) in [6, 6.07) is 8.04. The van der Waals surface area contributed by atoms with Gasteiger partial charge in [0.25, 0.3) is 0 Å². The molecule has 2 saturated heterocycles. The van der Waals surface area contributed by atoms with Gasteiger partial charge in [-0.15, -0.1) is 0 Å². The Kier molecular flexibility index (Phi) is 6.64. The first kappa shape index (κ1) is 22.1. The van der Waals surface area contributed by atoms with E-state index in [0.717, 1.165) is 43.9 Å². The van der Waals surface area contributed by atoms with Gasteiger partial charge in [0.15, 0.2) is 23.0 Å². The van der Waals surface area contributed by atoms with E-state index in [1.807, 2.05) is 12.1 Å². The van der Waals surface area contributed by atoms with Crippen molar-refractivity contribution < 1.29 is 22.4 Å². The molecule has 0 spiro atoms. The van der Waals surface area contributed by atoms with Gasteiger partial charge >= 0.3 is 5.76 Å². The quantitative estimate of drug-likeness (QED) is 0.599. The fourth-order valence-electron chi connectivity index (χ4n) is 4.14. The maximum Gasteiger partial charge on any atom is 0.417 e. The third-order valence-corrected chi connectivity index (χ3v) is 5.90. The van der Waals surface area contributed by atoms with Gasteiger partial charge in [-0.1, -0.05) is 12.1 Å². The minimum absolute atomic E-state index is 0.00185. The highest BCUT2D eigenvalue weighted by Crippen LogP contribution is 2.27. The summed E-state index contributed by atoms with van der Waals surface area (Å²) in [5.74, 6) is -3.77. The van der Waals surface area contributed by atoms with Crippen molar-refractivity contribution in [2.24, 2.45) is 0 Å². The standard InChI is InChI=1S/C12H14N2O2.C11H10F3NO/c15-12-14-10-2-1-9(7-11(10)16-12)8-3-5-13-6-4-8;12-8-4-3-7(10(13)11(8)14)6-15-5-1-2-9(15)16/h1-2,7-8,13H,3-6H2,(H,14,15);3-4H,1-2,5-6H2. The minimum Gasteiger partial charge on any atom is -0.408 e. The molecule has 0 radical (unpaired) electrons. The molecule has 5 rings (SSSR count). The Bertz CT molecular complexity index is 1170. The van der Waals surface area contributed by atoms with Crippen LogP contribution in [0.25, 0.3) is 11.1 Å². The molecule has 170 valence electrons. The Balaban J connectivity index is 0.000000153. The van der Waals surface area contributed by atoms with Crippen LogP contribution in [0.15, 0.2) is 39.5 Å². The van der Waals surface area contributed by atoms with Crippen molar-refractivity contribution >= 4 is 17.0 Å². The number of aromatic amines is 1. The minimum atomic E-state index is -1.48. The third-order valence-electron chi connectivity index (χ3n) is 5.90. The molecular formula is C23H24F3N3O3. The summed E-state index contributed by atoms with van der Waals surface area (Å²) in [5, 5.41) is 3.35. The molecule has 9 heteroatoms. The Morgan fingerprint density at radius 1 is 1.03 bits per heavy atom. The molecule has 0 aliphatic carbocycles. The first-order valence-corrected chi connectivity index (χ1v) is 10.7. The SMILES string of the molecule is O=C1CCCN1Cc1ccc(F)c(F)c1F.O=c1[nH]c2ccc(C3CCNCC3)cc2o1. The van der Waals surface area contributed by atoms with Crippen LogP contribution in [-0.4, -0.2) is 35.4 Å². The molecule has 32 heavy (non-hydrogen) atoms. The number of carbonyl (C=O) groups is 1. The number of nitrogens with zero attached hydrogens (tertiary/aromatic N) is 1. The number of piperidine rings is 1. The number of rotatable bonds is 3. The van der Waals surface area contributed by atoms with Crippen molar-refractivity contribution in [3.63, 3.8) is 0 Å². The van der Waals surface area contributed by atoms with Gasteiger partial charge in [-0.2, -0.15) is 0 Å². The van der Waals surface area contributed by atoms with Crippen molar-refractivity contribution in [3.05, 3.63) is 69.5 Å². The van der Waals surface area contributed by atoms with Crippen molar-refractivity contribution in [2.45, 2.75) is 38.1 Å². The number of likely N-dealkylation sites (tertiary alicyclic amines) is 1. The van der Waals surface area contributed by atoms with Crippen molar-refractivity contribution in [1.29, 1.82) is 0 Å². The van der Waals surface area contributed by atoms with Gasteiger partial charge in [0.2, 0.25) is 5.91 Å². The monoisotopic (exact) mass is 447 g/mol. The molecule has 0 saturated carbocycles. The van der Waals surface area contributed by atoms with Crippen molar-refractivity contribution in [1.82, 2.24) is 15.2 Å². The van der Waals surface area contributed by atoms with Crippen molar-refractivity contribution in [3.8, 4) is 0 Å². The van der Waals surface area contributed by atoms with Gasteiger partial charge in [-0.05, 0) is 62.0 Å². The smallest absolute Gasteiger partial charge is 0.408 e. The Morgan fingerprint density at radius 2 is 1.81 bits per heavy atom. The lowest BCUT2D eigenvalue weighted by molar-refractivity contribution is -0.128. The van der Waals surface area contributed by atoms with Crippen LogP contribution < -0.4 is 11.1 Å². The molecule has 0 unspecified atom stereocenters. The van der Waals surface area contributed by atoms with E-state index >= 15 is 0 Å². The fraction of sp³-hybridized carbons (Fsp3) is 0.391. The highest BCUT2D eigenvalue weighted by Gasteiger charge is 2.23. The van der Waals surface area contributed by atoms with Crippen LogP contribution >= 0.6 is 0 Å². The number of amides is 1. The second kappa shape index (κ2) is 9.60. The number of aromatic nitrogens is 1. The van der Waals surface area contributed by atoms with Gasteiger partial charge in [0, 0.05) is 25.1 Å². The zero-order chi connectivity index (χ0) is 22.7. The molecule has 2 fully saturated rings. The number of H-pyrrole nitrogens is 1. The molecule has 3 aromatic rings. The number of carbonyl (C=O) groups excluding carboxylic acids is 1. The van der Waals surface area contributed by atoms with E-state index in [2.05, 4.69) is 16.4 Å². The van der Waals surface area contributed by atoms with E-state index < -0.39 is 17.5 Å². The Hall–Kier alpha value is -3.07. The van der Waals surface area contributed by atoms with E-state index in [9.17, 15) is 22.8 Å². The van der Waals surface area contributed by atoms with Crippen LogP contribution in [0.2, 0.25) is 0 Å². The predicted octanol–water partition coefficient (Wildman–Crippen LogP) is 3.81. The summed E-state index contributed by atoms with van der Waals surface area (Å²) in [6.45, 7) is 2.68. The van der Waals surface area contributed by atoms with Gasteiger partial charge in [-0.25, -0.2) is 18.0 Å². The van der Waals surface area contributed by atoms with Crippen LogP contribution in [-0.2, 0) is 11.3 Å². The van der Waals surface area contributed by atoms with Gasteiger partial charge in [0.05, 0.1) is 5.52 Å². The maximum atomic E-state index is 13.3. The number of halogens is 3. The normalized spacial score (nSPS) is 17.0. The van der Waals surface area contributed by atoms with Gasteiger partial charge in [-0.3, -0.25) is 9.78 Å². The average molecular weight is 447 g/mol. The van der Waals surface area contributed by atoms with Crippen LogP contribution in [0.5, 0.6) is 0 Å². The summed E-state index contributed by atoms with van der Waals surface area (Å²) < 4.78 is 43.9. The molecule has 0 atom stereocenters. The van der Waals surface area contributed by atoms with E-state index in [1.54, 1.807) is 0 Å². The molecule has 2 aliphatic rings. The second-order valence-corrected chi connectivity index (χ2v) is 8.05. The molecular weight excluding hydrogens is 423 g/mol. The van der Waals surface area contributed by atoms with Crippen LogP contribution in [0.4, 0.5) is 13.2 Å². The Labute approximate surface area is 182 Å². The van der Waals surface area contributed by atoms with Crippen LogP contribution in [0, 0.1) is 17.5 Å². The van der Waals surface area contributed by atoms with E-state index in [0.29, 0.717) is 24.5 Å². The topological polar surface area (TPSA) is 78.3 Å². The first-order chi connectivity index (χ1) is 15.4. The summed E-state index contributed by atoms with van der Waals surface area (Å²) >= 11 is 0. The highest BCUT2D eigenvalue weighted by molar-refractivity contribution is 5.78. The highest BCUT2D eigenvalue weighted by atomic mass is 19.2. The molecule has 0 bridgehead atoms. The number of hydrogen-bond donors (Lipinski definition) is 2. The zero-order valence-electron chi connectivity index (χ0n) is 17.4. The molecule has 2 N–H and O–H groups in total. The summed E-state index contributed by atoms with van der Waals surface area (Å²) in [7, 11) is 0. The zero-order valence-corrected chi connectivity index (χ0v) is 17.4. The third kappa shape index (κ3) is 4.88. The van der Waals surface area contributed by atoms with Gasteiger partial charge < -0.3 is 14.6 Å². The Morgan fingerprint density at radius 3 is 2.53 bits per heavy atom. The first-order valence-electron chi connectivity index (χ1n) is 10.7. The predicted molar refractivity (Wildman–Crippen MR) is 113 cm³/mol. The number of oxazole rings is 1. The number of benzene rings is 2. The fourth-order valence-corrected chi connectivity index (χ4v) is 4.14. The summed E-state index contributed by atoms with van der Waals surface area (Å²) in [6.07, 6.45) is 3.47. The van der Waals surface area contributed by atoms with Crippen LogP contribution in [0.1, 0.15) is 42.7 Å². The number of hydrogen-bond acceptors (Lipinski definition) is 4. The van der Waals surface area contributed by atoms with Gasteiger partial charge in [0.1, 0.15) is 0 Å². The maximum absolute atomic E-state index is 13.3. The molecule has 2 aliphatic heterocycles. The average Bonchev–Trinajstić information content (AvgIpc) is 3.38. The lowest BCUT2D eigenvalue weighted by atomic mass is 9.90. The van der Waals surface area contributed by atoms with E-state index in [1.165, 1.54) is 16.5 Å². The van der Waals surface area contributed by atoms with E-state index in [4.69, 9.17) is 4.42 Å². The molecule has 1 amide bonds. The number of nitrogens with one attached hydrogen (secondary N) is 2. The molecule has 1 aromatic heterocycles.